The van der Waals surface area contributed by atoms with Gasteiger partial charge in [0.15, 0.2) is 10.9 Å². The molecule has 12 nitrogen and oxygen atoms in total. The minimum atomic E-state index is -0.468. The normalized spacial score (nSPS) is 13.6. The summed E-state index contributed by atoms with van der Waals surface area (Å²) in [5, 5.41) is 31.0. The number of benzene rings is 2. The van der Waals surface area contributed by atoms with Gasteiger partial charge in [0.1, 0.15) is 10.7 Å². The molecule has 0 atom stereocenters. The number of morpholine rings is 1. The zero-order valence-corrected chi connectivity index (χ0v) is 22.5. The minimum absolute atomic E-state index is 0.0211. The summed E-state index contributed by atoms with van der Waals surface area (Å²) in [6.45, 7) is 4.21. The Morgan fingerprint density at radius 1 is 1.23 bits per heavy atom. The number of rotatable bonds is 7. The van der Waals surface area contributed by atoms with Crippen molar-refractivity contribution >= 4 is 62.7 Å². The summed E-state index contributed by atoms with van der Waals surface area (Å²) in [6.07, 6.45) is 3.51. The van der Waals surface area contributed by atoms with E-state index in [1.807, 2.05) is 36.1 Å². The highest BCUT2D eigenvalue weighted by molar-refractivity contribution is 7.80. The molecule has 0 radical (unpaired) electrons. The number of ether oxygens (including phenoxy) is 1. The molecule has 39 heavy (non-hydrogen) atoms. The van der Waals surface area contributed by atoms with E-state index >= 15 is 0 Å². The molecule has 0 saturated carbocycles. The van der Waals surface area contributed by atoms with Gasteiger partial charge in [-0.2, -0.15) is 9.61 Å². The Hall–Kier alpha value is -4.27. The number of nitro groups is 1. The molecule has 1 saturated heterocycles. The number of aryl methyl sites for hydroxylation is 1. The van der Waals surface area contributed by atoms with Gasteiger partial charge in [-0.15, -0.1) is 10.2 Å². The van der Waals surface area contributed by atoms with E-state index in [4.69, 9.17) is 17.0 Å². The summed E-state index contributed by atoms with van der Waals surface area (Å²) in [7, 11) is 0. The first kappa shape index (κ1) is 26.3. The van der Waals surface area contributed by atoms with E-state index < -0.39 is 10.8 Å². The monoisotopic (exact) mass is 564 g/mol. The van der Waals surface area contributed by atoms with Crippen LogP contribution in [0.1, 0.15) is 18.3 Å². The zero-order valence-electron chi connectivity index (χ0n) is 20.9. The molecular weight excluding hydrogens is 540 g/mol. The van der Waals surface area contributed by atoms with Crippen molar-refractivity contribution in [2.24, 2.45) is 0 Å². The van der Waals surface area contributed by atoms with Crippen LogP contribution in [0.4, 0.5) is 17.1 Å². The van der Waals surface area contributed by atoms with Gasteiger partial charge < -0.3 is 15.0 Å². The Morgan fingerprint density at radius 2 is 2.05 bits per heavy atom. The number of amides is 1. The van der Waals surface area contributed by atoms with E-state index in [0.717, 1.165) is 27.8 Å². The fourth-order valence-corrected chi connectivity index (χ4v) is 5.15. The standard InChI is InChI=1S/C25H24N8O4S2/c1-2-21-28-29-25-32(21)30-23(39-25)17-4-3-5-18(15-17)26-24(38)27-22(34)9-7-16-6-8-19(20(14-16)33(35)36)31-10-12-37-13-11-31/h3-9,14-15H,2,10-13H2,1H3,(H2,26,27,34,38)/b9-7+. The van der Waals surface area contributed by atoms with Crippen molar-refractivity contribution in [3.8, 4) is 10.6 Å². The summed E-state index contributed by atoms with van der Waals surface area (Å²) in [6, 6.07) is 12.4. The first-order chi connectivity index (χ1) is 18.9. The number of nitrogens with one attached hydrogen (secondary N) is 2. The maximum Gasteiger partial charge on any atom is 0.293 e. The number of carbonyl (C=O) groups is 1. The molecule has 1 aliphatic heterocycles. The van der Waals surface area contributed by atoms with E-state index in [1.54, 1.807) is 16.6 Å². The lowest BCUT2D eigenvalue weighted by molar-refractivity contribution is -0.384. The molecule has 5 rings (SSSR count). The number of thiocarbonyl (C=S) groups is 1. The van der Waals surface area contributed by atoms with Crippen molar-refractivity contribution in [2.75, 3.05) is 36.5 Å². The Bertz CT molecular complexity index is 1580. The van der Waals surface area contributed by atoms with Crippen molar-refractivity contribution in [3.05, 3.63) is 70.0 Å². The third-order valence-corrected chi connectivity index (χ3v) is 7.10. The van der Waals surface area contributed by atoms with Crippen LogP contribution in [0.2, 0.25) is 0 Å². The Labute approximate surface area is 232 Å². The molecule has 1 aliphatic rings. The van der Waals surface area contributed by atoms with Gasteiger partial charge in [-0.1, -0.05) is 36.5 Å². The van der Waals surface area contributed by atoms with Gasteiger partial charge in [-0.05, 0) is 42.1 Å². The van der Waals surface area contributed by atoms with Crippen LogP contribution in [-0.4, -0.2) is 62.1 Å². The van der Waals surface area contributed by atoms with Gasteiger partial charge in [0, 0.05) is 42.9 Å². The van der Waals surface area contributed by atoms with Crippen molar-refractivity contribution in [1.82, 2.24) is 25.1 Å². The largest absolute Gasteiger partial charge is 0.378 e. The number of nitrogens with zero attached hydrogens (tertiary/aromatic N) is 6. The molecule has 0 aliphatic carbocycles. The molecule has 1 amide bonds. The van der Waals surface area contributed by atoms with Crippen LogP contribution in [0, 0.1) is 10.1 Å². The minimum Gasteiger partial charge on any atom is -0.378 e. The van der Waals surface area contributed by atoms with E-state index in [1.165, 1.54) is 29.6 Å². The molecular formula is C25H24N8O4S2. The number of hydrogen-bond donors (Lipinski definition) is 2. The second-order valence-corrected chi connectivity index (χ2v) is 9.90. The molecule has 4 aromatic rings. The molecule has 14 heteroatoms. The van der Waals surface area contributed by atoms with Crippen LogP contribution >= 0.6 is 23.6 Å². The van der Waals surface area contributed by atoms with E-state index in [0.29, 0.717) is 43.2 Å². The van der Waals surface area contributed by atoms with Crippen LogP contribution in [0.25, 0.3) is 21.6 Å². The maximum absolute atomic E-state index is 12.5. The van der Waals surface area contributed by atoms with Crippen LogP contribution < -0.4 is 15.5 Å². The molecule has 200 valence electrons. The first-order valence-corrected chi connectivity index (χ1v) is 13.4. The average molecular weight is 565 g/mol. The van der Waals surface area contributed by atoms with Gasteiger partial charge >= 0.3 is 0 Å². The second kappa shape index (κ2) is 11.6. The lowest BCUT2D eigenvalue weighted by Crippen LogP contribution is -2.36. The van der Waals surface area contributed by atoms with Crippen molar-refractivity contribution < 1.29 is 14.5 Å². The number of anilines is 2. The van der Waals surface area contributed by atoms with Crippen molar-refractivity contribution in [1.29, 1.82) is 0 Å². The molecule has 0 spiro atoms. The maximum atomic E-state index is 12.5. The summed E-state index contributed by atoms with van der Waals surface area (Å²) in [5.74, 6) is 0.325. The second-order valence-electron chi connectivity index (χ2n) is 8.53. The van der Waals surface area contributed by atoms with Gasteiger partial charge in [0.2, 0.25) is 10.9 Å². The van der Waals surface area contributed by atoms with E-state index in [-0.39, 0.29) is 10.8 Å². The molecule has 0 unspecified atom stereocenters. The van der Waals surface area contributed by atoms with Gasteiger partial charge in [0.25, 0.3) is 5.69 Å². The molecule has 2 aromatic carbocycles. The summed E-state index contributed by atoms with van der Waals surface area (Å²) < 4.78 is 7.07. The SMILES string of the molecule is CCc1nnc2sc(-c3cccc(NC(=S)NC(=O)/C=C/c4ccc(N5CCOCC5)c([N+](=O)[O-])c4)c3)nn12. The molecule has 2 N–H and O–H groups in total. The quantitative estimate of drug-likeness (QED) is 0.148. The molecule has 2 aromatic heterocycles. The van der Waals surface area contributed by atoms with Crippen molar-refractivity contribution in [3.63, 3.8) is 0 Å². The predicted molar refractivity (Wildman–Crippen MR) is 153 cm³/mol. The number of nitro benzene ring substituents is 1. The summed E-state index contributed by atoms with van der Waals surface area (Å²) >= 11 is 6.73. The predicted octanol–water partition coefficient (Wildman–Crippen LogP) is 3.69. The van der Waals surface area contributed by atoms with Crippen LogP contribution in [0.5, 0.6) is 0 Å². The number of hydrogen-bond acceptors (Lipinski definition) is 10. The molecule has 1 fully saturated rings. The number of carbonyl (C=O) groups excluding carboxylic acids is 1. The fourth-order valence-electron chi connectivity index (χ4n) is 4.07. The van der Waals surface area contributed by atoms with Gasteiger partial charge in [0.05, 0.1) is 18.1 Å². The lowest BCUT2D eigenvalue weighted by atomic mass is 10.1. The van der Waals surface area contributed by atoms with E-state index in [9.17, 15) is 14.9 Å². The Morgan fingerprint density at radius 3 is 2.82 bits per heavy atom. The lowest BCUT2D eigenvalue weighted by Gasteiger charge is -2.28. The Balaban J connectivity index is 1.22. The number of fused-ring (bicyclic) bond motifs is 1. The van der Waals surface area contributed by atoms with E-state index in [2.05, 4.69) is 25.9 Å². The summed E-state index contributed by atoms with van der Waals surface area (Å²) in [5.41, 5.74) is 2.59. The zero-order chi connectivity index (χ0) is 27.4. The fraction of sp³-hybridized carbons (Fsp3) is 0.240. The van der Waals surface area contributed by atoms with Crippen LogP contribution in [0.15, 0.2) is 48.5 Å². The highest BCUT2D eigenvalue weighted by atomic mass is 32.1. The van der Waals surface area contributed by atoms with Gasteiger partial charge in [-0.3, -0.25) is 20.2 Å². The topological polar surface area (TPSA) is 140 Å². The first-order valence-electron chi connectivity index (χ1n) is 12.1. The van der Waals surface area contributed by atoms with Gasteiger partial charge in [-0.25, -0.2) is 0 Å². The Kier molecular flexibility index (Phi) is 7.86. The summed E-state index contributed by atoms with van der Waals surface area (Å²) in [4.78, 5) is 26.3. The molecule has 0 bridgehead atoms. The van der Waals surface area contributed by atoms with Crippen LogP contribution in [0.3, 0.4) is 0 Å². The van der Waals surface area contributed by atoms with Crippen LogP contribution in [-0.2, 0) is 16.0 Å². The average Bonchev–Trinajstić information content (AvgIpc) is 3.53. The molecule has 3 heterocycles. The third kappa shape index (κ3) is 6.08. The highest BCUT2D eigenvalue weighted by Crippen LogP contribution is 2.30. The third-order valence-electron chi connectivity index (χ3n) is 5.95. The highest BCUT2D eigenvalue weighted by Gasteiger charge is 2.21. The number of aromatic nitrogens is 4. The van der Waals surface area contributed by atoms with Crippen molar-refractivity contribution in [2.45, 2.75) is 13.3 Å². The smallest absolute Gasteiger partial charge is 0.293 e.